The van der Waals surface area contributed by atoms with Gasteiger partial charge in [0.15, 0.2) is 6.61 Å². The summed E-state index contributed by atoms with van der Waals surface area (Å²) in [4.78, 5) is 16.2. The van der Waals surface area contributed by atoms with Crippen molar-refractivity contribution in [3.05, 3.63) is 65.5 Å². The van der Waals surface area contributed by atoms with E-state index in [1.807, 2.05) is 0 Å². The number of nitrogens with zero attached hydrogens (tertiary/aromatic N) is 1. The van der Waals surface area contributed by atoms with Crippen molar-refractivity contribution in [1.82, 2.24) is 0 Å². The van der Waals surface area contributed by atoms with Crippen LogP contribution < -0.4 is 5.32 Å². The highest BCUT2D eigenvalue weighted by Crippen LogP contribution is 2.12. The molecule has 0 unspecified atom stereocenters. The molecule has 0 fully saturated rings. The van der Waals surface area contributed by atoms with Crippen LogP contribution in [-0.2, 0) is 9.63 Å². The van der Waals surface area contributed by atoms with E-state index in [1.54, 1.807) is 0 Å². The summed E-state index contributed by atoms with van der Waals surface area (Å²) < 4.78 is 38.5. The fourth-order valence-corrected chi connectivity index (χ4v) is 1.57. The predicted octanol–water partition coefficient (Wildman–Crippen LogP) is 3.09. The van der Waals surface area contributed by atoms with Crippen LogP contribution in [-0.4, -0.2) is 18.7 Å². The lowest BCUT2D eigenvalue weighted by atomic mass is 10.2. The summed E-state index contributed by atoms with van der Waals surface area (Å²) in [6.45, 7) is -0.435. The smallest absolute Gasteiger partial charge is 0.265 e. The topological polar surface area (TPSA) is 50.7 Å². The maximum absolute atomic E-state index is 12.9. The number of hydrogen-bond acceptors (Lipinski definition) is 3. The lowest BCUT2D eigenvalue weighted by Crippen LogP contribution is -2.17. The van der Waals surface area contributed by atoms with E-state index in [4.69, 9.17) is 4.84 Å². The average molecular weight is 308 g/mol. The van der Waals surface area contributed by atoms with Gasteiger partial charge in [-0.3, -0.25) is 4.79 Å². The molecule has 0 aromatic heterocycles. The van der Waals surface area contributed by atoms with E-state index in [0.717, 1.165) is 12.1 Å². The van der Waals surface area contributed by atoms with Gasteiger partial charge >= 0.3 is 0 Å². The first-order valence-corrected chi connectivity index (χ1v) is 6.20. The van der Waals surface area contributed by atoms with E-state index in [-0.39, 0.29) is 11.5 Å². The van der Waals surface area contributed by atoms with Crippen molar-refractivity contribution in [2.24, 2.45) is 5.16 Å². The summed E-state index contributed by atoms with van der Waals surface area (Å²) in [6, 6.07) is 8.12. The Kier molecular flexibility index (Phi) is 5.13. The highest BCUT2D eigenvalue weighted by atomic mass is 19.1. The Labute approximate surface area is 124 Å². The van der Waals surface area contributed by atoms with Gasteiger partial charge in [-0.15, -0.1) is 0 Å². The molecular formula is C15H11F3N2O2. The molecule has 0 atom stereocenters. The normalized spacial score (nSPS) is 10.7. The van der Waals surface area contributed by atoms with E-state index in [1.165, 1.54) is 30.5 Å². The molecule has 0 heterocycles. The van der Waals surface area contributed by atoms with Gasteiger partial charge in [0.25, 0.3) is 5.91 Å². The molecule has 2 aromatic rings. The Balaban J connectivity index is 1.81. The van der Waals surface area contributed by atoms with Gasteiger partial charge in [-0.25, -0.2) is 13.2 Å². The summed E-state index contributed by atoms with van der Waals surface area (Å²) in [5.41, 5.74) is 0.572. The van der Waals surface area contributed by atoms with Gasteiger partial charge in [0.1, 0.15) is 17.5 Å². The van der Waals surface area contributed by atoms with E-state index in [2.05, 4.69) is 10.5 Å². The molecule has 7 heteroatoms. The number of nitrogens with one attached hydrogen (secondary N) is 1. The standard InChI is InChI=1S/C15H11F3N2O2/c16-11-3-1-10(2-4-11)8-19-22-9-15(21)20-14-6-12(17)5-13(18)7-14/h1-8H,9H2,(H,20,21)/b19-8+. The number of carbonyl (C=O) groups excluding carboxylic acids is 1. The van der Waals surface area contributed by atoms with Crippen molar-refractivity contribution in [2.75, 3.05) is 11.9 Å². The van der Waals surface area contributed by atoms with Crippen molar-refractivity contribution >= 4 is 17.8 Å². The molecule has 0 bridgehead atoms. The molecule has 22 heavy (non-hydrogen) atoms. The zero-order chi connectivity index (χ0) is 15.9. The Morgan fingerprint density at radius 1 is 1.05 bits per heavy atom. The van der Waals surface area contributed by atoms with Gasteiger partial charge in [0.05, 0.1) is 6.21 Å². The van der Waals surface area contributed by atoms with E-state index in [0.29, 0.717) is 11.6 Å². The van der Waals surface area contributed by atoms with Crippen LogP contribution in [0.25, 0.3) is 0 Å². The third-order valence-corrected chi connectivity index (χ3v) is 2.49. The van der Waals surface area contributed by atoms with Crippen LogP contribution in [0, 0.1) is 17.5 Å². The number of anilines is 1. The van der Waals surface area contributed by atoms with Crippen molar-refractivity contribution in [1.29, 1.82) is 0 Å². The Bertz CT molecular complexity index is 667. The molecule has 0 saturated carbocycles. The first kappa shape index (κ1) is 15.6. The van der Waals surface area contributed by atoms with Crippen LogP contribution in [0.15, 0.2) is 47.6 Å². The molecule has 4 nitrogen and oxygen atoms in total. The summed E-state index contributed by atoms with van der Waals surface area (Å²) >= 11 is 0. The number of amides is 1. The zero-order valence-corrected chi connectivity index (χ0v) is 11.2. The van der Waals surface area contributed by atoms with Crippen LogP contribution in [0.4, 0.5) is 18.9 Å². The molecule has 114 valence electrons. The van der Waals surface area contributed by atoms with E-state index < -0.39 is 24.1 Å². The summed E-state index contributed by atoms with van der Waals surface area (Å²) in [5, 5.41) is 5.79. The number of hydrogen-bond donors (Lipinski definition) is 1. The minimum atomic E-state index is -0.800. The number of benzene rings is 2. The van der Waals surface area contributed by atoms with Gasteiger partial charge in [-0.05, 0) is 29.8 Å². The van der Waals surface area contributed by atoms with Crippen molar-refractivity contribution in [2.45, 2.75) is 0 Å². The van der Waals surface area contributed by atoms with Gasteiger partial charge in [0.2, 0.25) is 0 Å². The highest BCUT2D eigenvalue weighted by Gasteiger charge is 2.05. The Hall–Kier alpha value is -2.83. The third-order valence-electron chi connectivity index (χ3n) is 2.49. The third kappa shape index (κ3) is 4.93. The minimum absolute atomic E-state index is 0.0198. The molecule has 0 aliphatic rings. The van der Waals surface area contributed by atoms with E-state index >= 15 is 0 Å². The summed E-state index contributed by atoms with van der Waals surface area (Å²) in [5.74, 6) is -2.60. The molecule has 0 aliphatic heterocycles. The number of oxime groups is 1. The summed E-state index contributed by atoms with van der Waals surface area (Å²) in [7, 11) is 0. The molecule has 0 radical (unpaired) electrons. The van der Waals surface area contributed by atoms with Gasteiger partial charge in [0, 0.05) is 11.8 Å². The maximum atomic E-state index is 12.9. The van der Waals surface area contributed by atoms with Crippen molar-refractivity contribution in [3.8, 4) is 0 Å². The molecule has 2 aromatic carbocycles. The molecule has 1 amide bonds. The first-order valence-electron chi connectivity index (χ1n) is 6.20. The lowest BCUT2D eigenvalue weighted by molar-refractivity contribution is -0.120. The molecule has 0 spiro atoms. The molecule has 0 saturated heterocycles. The second-order valence-electron chi connectivity index (χ2n) is 4.27. The summed E-state index contributed by atoms with van der Waals surface area (Å²) in [6.07, 6.45) is 1.30. The maximum Gasteiger partial charge on any atom is 0.265 e. The molecular weight excluding hydrogens is 297 g/mol. The average Bonchev–Trinajstić information content (AvgIpc) is 2.44. The molecule has 1 N–H and O–H groups in total. The fraction of sp³-hybridized carbons (Fsp3) is 0.0667. The predicted molar refractivity (Wildman–Crippen MR) is 74.9 cm³/mol. The fourth-order valence-electron chi connectivity index (χ4n) is 1.57. The van der Waals surface area contributed by atoms with Crippen LogP contribution >= 0.6 is 0 Å². The van der Waals surface area contributed by atoms with Crippen molar-refractivity contribution < 1.29 is 22.8 Å². The van der Waals surface area contributed by atoms with Crippen molar-refractivity contribution in [3.63, 3.8) is 0 Å². The first-order chi connectivity index (χ1) is 10.5. The van der Waals surface area contributed by atoms with Crippen LogP contribution in [0.3, 0.4) is 0 Å². The minimum Gasteiger partial charge on any atom is -0.386 e. The van der Waals surface area contributed by atoms with Gasteiger partial charge in [-0.1, -0.05) is 17.3 Å². The molecule has 2 rings (SSSR count). The largest absolute Gasteiger partial charge is 0.386 e. The Morgan fingerprint density at radius 2 is 1.68 bits per heavy atom. The highest BCUT2D eigenvalue weighted by molar-refractivity contribution is 5.91. The van der Waals surface area contributed by atoms with Crippen LogP contribution in [0.1, 0.15) is 5.56 Å². The van der Waals surface area contributed by atoms with Crippen LogP contribution in [0.2, 0.25) is 0 Å². The Morgan fingerprint density at radius 3 is 2.32 bits per heavy atom. The lowest BCUT2D eigenvalue weighted by Gasteiger charge is -2.04. The second kappa shape index (κ2) is 7.26. The molecule has 0 aliphatic carbocycles. The zero-order valence-electron chi connectivity index (χ0n) is 11.2. The monoisotopic (exact) mass is 308 g/mol. The van der Waals surface area contributed by atoms with Crippen LogP contribution in [0.5, 0.6) is 0 Å². The number of carbonyl (C=O) groups is 1. The second-order valence-corrected chi connectivity index (χ2v) is 4.27. The van der Waals surface area contributed by atoms with E-state index in [9.17, 15) is 18.0 Å². The van der Waals surface area contributed by atoms with Gasteiger partial charge in [-0.2, -0.15) is 0 Å². The SMILES string of the molecule is O=C(CO/N=C/c1ccc(F)cc1)Nc1cc(F)cc(F)c1. The number of rotatable bonds is 5. The van der Waals surface area contributed by atoms with Gasteiger partial charge < -0.3 is 10.2 Å². The number of halogens is 3. The quantitative estimate of drug-likeness (QED) is 0.681.